The van der Waals surface area contributed by atoms with Gasteiger partial charge in [-0.15, -0.1) is 11.3 Å². The zero-order valence-electron chi connectivity index (χ0n) is 10.3. The van der Waals surface area contributed by atoms with Crippen molar-refractivity contribution in [3.05, 3.63) is 46.4 Å². The number of rotatable bonds is 6. The summed E-state index contributed by atoms with van der Waals surface area (Å²) in [6, 6.07) is 7.83. The Balaban J connectivity index is 1.73. The first-order valence-electron chi connectivity index (χ1n) is 5.83. The maximum Gasteiger partial charge on any atom is 0.143 e. The van der Waals surface area contributed by atoms with Crippen LogP contribution in [0.4, 0.5) is 0 Å². The van der Waals surface area contributed by atoms with E-state index in [-0.39, 0.29) is 5.78 Å². The molecule has 3 nitrogen and oxygen atoms in total. The smallest absolute Gasteiger partial charge is 0.143 e. The van der Waals surface area contributed by atoms with Crippen LogP contribution in [0, 0.1) is 6.92 Å². The van der Waals surface area contributed by atoms with Crippen molar-refractivity contribution in [1.82, 2.24) is 4.98 Å². The molecule has 0 saturated carbocycles. The molecule has 94 valence electrons. The molecule has 0 spiro atoms. The number of hydrogen-bond acceptors (Lipinski definition) is 4. The van der Waals surface area contributed by atoms with Crippen molar-refractivity contribution in [2.24, 2.45) is 0 Å². The first-order valence-corrected chi connectivity index (χ1v) is 6.71. The van der Waals surface area contributed by atoms with Crippen LogP contribution >= 0.6 is 11.3 Å². The van der Waals surface area contributed by atoms with Crippen LogP contribution in [0.25, 0.3) is 0 Å². The van der Waals surface area contributed by atoms with Crippen LogP contribution in [0.5, 0.6) is 5.75 Å². The molecule has 0 N–H and O–H groups in total. The second-order valence-electron chi connectivity index (χ2n) is 4.06. The van der Waals surface area contributed by atoms with Gasteiger partial charge in [-0.3, -0.25) is 4.79 Å². The number of hydrogen-bond donors (Lipinski definition) is 0. The fourth-order valence-electron chi connectivity index (χ4n) is 1.59. The van der Waals surface area contributed by atoms with E-state index in [0.29, 0.717) is 19.4 Å². The number of aryl methyl sites for hydroxylation is 1. The molecule has 0 atom stereocenters. The van der Waals surface area contributed by atoms with Crippen molar-refractivity contribution in [3.8, 4) is 5.75 Å². The monoisotopic (exact) mass is 261 g/mol. The Morgan fingerprint density at radius 3 is 3.06 bits per heavy atom. The lowest BCUT2D eigenvalue weighted by Gasteiger charge is -2.05. The van der Waals surface area contributed by atoms with Gasteiger partial charge in [-0.2, -0.15) is 0 Å². The van der Waals surface area contributed by atoms with Crippen molar-refractivity contribution in [3.63, 3.8) is 0 Å². The standard InChI is InChI=1S/C14H15NO2S/c1-11-3-2-4-13(9-11)17-7-5-12(16)10-14-15-6-8-18-14/h2-4,6,8-9H,5,7,10H2,1H3. The van der Waals surface area contributed by atoms with Gasteiger partial charge in [0.2, 0.25) is 0 Å². The molecule has 2 aromatic rings. The minimum Gasteiger partial charge on any atom is -0.493 e. The van der Waals surface area contributed by atoms with Crippen LogP contribution in [0.15, 0.2) is 35.8 Å². The topological polar surface area (TPSA) is 39.2 Å². The SMILES string of the molecule is Cc1cccc(OCCC(=O)Cc2nccs2)c1. The van der Waals surface area contributed by atoms with Gasteiger partial charge in [0, 0.05) is 18.0 Å². The highest BCUT2D eigenvalue weighted by Gasteiger charge is 2.06. The summed E-state index contributed by atoms with van der Waals surface area (Å²) in [6.07, 6.45) is 2.55. The molecule has 0 bridgehead atoms. The molecule has 0 aliphatic carbocycles. The number of ether oxygens (including phenoxy) is 1. The average molecular weight is 261 g/mol. The van der Waals surface area contributed by atoms with Crippen LogP contribution in [-0.2, 0) is 11.2 Å². The second-order valence-corrected chi connectivity index (χ2v) is 5.04. The molecular formula is C14H15NO2S. The molecular weight excluding hydrogens is 246 g/mol. The minimum atomic E-state index is 0.164. The molecule has 1 aromatic heterocycles. The fraction of sp³-hybridized carbons (Fsp3) is 0.286. The maximum absolute atomic E-state index is 11.7. The first-order chi connectivity index (χ1) is 8.74. The number of ketones is 1. The maximum atomic E-state index is 11.7. The lowest BCUT2D eigenvalue weighted by atomic mass is 10.2. The van der Waals surface area contributed by atoms with Gasteiger partial charge in [0.05, 0.1) is 18.0 Å². The lowest BCUT2D eigenvalue weighted by Crippen LogP contribution is -2.08. The molecule has 1 heterocycles. The third kappa shape index (κ3) is 3.96. The van der Waals surface area contributed by atoms with Gasteiger partial charge in [-0.1, -0.05) is 12.1 Å². The quantitative estimate of drug-likeness (QED) is 0.802. The zero-order valence-corrected chi connectivity index (χ0v) is 11.1. The third-order valence-electron chi connectivity index (χ3n) is 2.47. The van der Waals surface area contributed by atoms with Crippen molar-refractivity contribution < 1.29 is 9.53 Å². The number of aromatic nitrogens is 1. The molecule has 0 aliphatic rings. The highest BCUT2D eigenvalue weighted by atomic mass is 32.1. The van der Waals surface area contributed by atoms with Gasteiger partial charge < -0.3 is 4.74 Å². The van der Waals surface area contributed by atoms with Crippen LogP contribution in [0.3, 0.4) is 0 Å². The summed E-state index contributed by atoms with van der Waals surface area (Å²) in [6.45, 7) is 2.44. The summed E-state index contributed by atoms with van der Waals surface area (Å²) >= 11 is 1.51. The van der Waals surface area contributed by atoms with Gasteiger partial charge in [0.25, 0.3) is 0 Å². The van der Waals surface area contributed by atoms with E-state index in [4.69, 9.17) is 4.74 Å². The summed E-state index contributed by atoms with van der Waals surface area (Å²) in [5, 5.41) is 2.75. The van der Waals surface area contributed by atoms with Gasteiger partial charge in [-0.25, -0.2) is 4.98 Å². The molecule has 0 fully saturated rings. The van der Waals surface area contributed by atoms with Crippen LogP contribution in [0.2, 0.25) is 0 Å². The Morgan fingerprint density at radius 1 is 1.44 bits per heavy atom. The van der Waals surface area contributed by atoms with Crippen molar-refractivity contribution >= 4 is 17.1 Å². The Hall–Kier alpha value is -1.68. The molecule has 0 unspecified atom stereocenters. The molecule has 4 heteroatoms. The molecule has 0 aliphatic heterocycles. The van der Waals surface area contributed by atoms with E-state index in [9.17, 15) is 4.79 Å². The summed E-state index contributed by atoms with van der Waals surface area (Å²) in [7, 11) is 0. The van der Waals surface area contributed by atoms with Crippen molar-refractivity contribution in [1.29, 1.82) is 0 Å². The first kappa shape index (κ1) is 12.8. The minimum absolute atomic E-state index is 0.164. The van der Waals surface area contributed by atoms with Crippen LogP contribution in [-0.4, -0.2) is 17.4 Å². The highest BCUT2D eigenvalue weighted by molar-refractivity contribution is 7.09. The summed E-state index contributed by atoms with van der Waals surface area (Å²) in [5.41, 5.74) is 1.15. The molecule has 0 amide bonds. The largest absolute Gasteiger partial charge is 0.493 e. The van der Waals surface area contributed by atoms with Gasteiger partial charge in [-0.05, 0) is 24.6 Å². The van der Waals surface area contributed by atoms with E-state index in [1.165, 1.54) is 11.3 Å². The molecule has 1 aromatic carbocycles. The number of nitrogens with zero attached hydrogens (tertiary/aromatic N) is 1. The number of thiazole rings is 1. The van der Waals surface area contributed by atoms with E-state index in [1.807, 2.05) is 36.6 Å². The van der Waals surface area contributed by atoms with E-state index in [0.717, 1.165) is 16.3 Å². The van der Waals surface area contributed by atoms with Gasteiger partial charge >= 0.3 is 0 Å². The van der Waals surface area contributed by atoms with E-state index >= 15 is 0 Å². The molecule has 18 heavy (non-hydrogen) atoms. The van der Waals surface area contributed by atoms with Gasteiger partial charge in [0.1, 0.15) is 11.5 Å². The summed E-state index contributed by atoms with van der Waals surface area (Å²) < 4.78 is 5.54. The lowest BCUT2D eigenvalue weighted by molar-refractivity contribution is -0.118. The Labute approximate surface area is 110 Å². The van der Waals surface area contributed by atoms with Gasteiger partial charge in [0.15, 0.2) is 0 Å². The normalized spacial score (nSPS) is 10.3. The molecule has 0 saturated heterocycles. The zero-order chi connectivity index (χ0) is 12.8. The molecule has 0 radical (unpaired) electrons. The van der Waals surface area contributed by atoms with E-state index in [1.54, 1.807) is 6.20 Å². The number of benzene rings is 1. The number of carbonyl (C=O) groups is 1. The Kier molecular flexibility index (Phi) is 4.47. The summed E-state index contributed by atoms with van der Waals surface area (Å²) in [4.78, 5) is 15.7. The van der Waals surface area contributed by atoms with Crippen LogP contribution < -0.4 is 4.74 Å². The number of carbonyl (C=O) groups excluding carboxylic acids is 1. The molecule has 2 rings (SSSR count). The average Bonchev–Trinajstić information content (AvgIpc) is 2.82. The Morgan fingerprint density at radius 2 is 2.33 bits per heavy atom. The fourth-order valence-corrected chi connectivity index (χ4v) is 2.23. The highest BCUT2D eigenvalue weighted by Crippen LogP contribution is 2.13. The van der Waals surface area contributed by atoms with Crippen LogP contribution in [0.1, 0.15) is 17.0 Å². The number of Topliss-reactive ketones (excluding diaryl/α,β-unsaturated/α-hetero) is 1. The Bertz CT molecular complexity index is 508. The van der Waals surface area contributed by atoms with E-state index < -0.39 is 0 Å². The third-order valence-corrected chi connectivity index (χ3v) is 3.25. The van der Waals surface area contributed by atoms with Crippen molar-refractivity contribution in [2.75, 3.05) is 6.61 Å². The second kappa shape index (κ2) is 6.31. The van der Waals surface area contributed by atoms with E-state index in [2.05, 4.69) is 4.98 Å². The predicted molar refractivity (Wildman–Crippen MR) is 72.1 cm³/mol. The summed E-state index contributed by atoms with van der Waals surface area (Å²) in [5.74, 6) is 0.981. The predicted octanol–water partition coefficient (Wildman–Crippen LogP) is 3.03. The van der Waals surface area contributed by atoms with Crippen molar-refractivity contribution in [2.45, 2.75) is 19.8 Å².